The van der Waals surface area contributed by atoms with Crippen molar-refractivity contribution in [3.8, 4) is 0 Å². The van der Waals surface area contributed by atoms with Gasteiger partial charge >= 0.3 is 0 Å². The Hall–Kier alpha value is -0.480. The predicted octanol–water partition coefficient (Wildman–Crippen LogP) is 1.81. The number of hydrogen-bond acceptors (Lipinski definition) is 3. The van der Waals surface area contributed by atoms with Gasteiger partial charge in [-0.2, -0.15) is 12.6 Å². The Morgan fingerprint density at radius 2 is 2.33 bits per heavy atom. The average molecular weight is 227 g/mol. The Balaban J connectivity index is 2.42. The van der Waals surface area contributed by atoms with E-state index in [2.05, 4.69) is 41.1 Å². The van der Waals surface area contributed by atoms with Crippen LogP contribution in [0.3, 0.4) is 0 Å². The molecule has 0 spiro atoms. The first-order valence-corrected chi connectivity index (χ1v) is 6.06. The fraction of sp³-hybridized carbons (Fsp3) is 0.727. The van der Waals surface area contributed by atoms with Crippen molar-refractivity contribution in [2.45, 2.75) is 19.9 Å². The summed E-state index contributed by atoms with van der Waals surface area (Å²) in [6, 6.07) is 0. The Morgan fingerprint density at radius 3 is 2.80 bits per heavy atom. The maximum absolute atomic E-state index is 4.36. The van der Waals surface area contributed by atoms with Crippen molar-refractivity contribution in [3.63, 3.8) is 0 Å². The third-order valence-corrected chi connectivity index (χ3v) is 3.25. The van der Waals surface area contributed by atoms with E-state index in [1.165, 1.54) is 6.42 Å². The van der Waals surface area contributed by atoms with Crippen LogP contribution in [-0.4, -0.2) is 33.8 Å². The molecule has 86 valence electrons. The quantitative estimate of drug-likeness (QED) is 0.748. The Bertz CT molecular complexity index is 281. The van der Waals surface area contributed by atoms with Gasteiger partial charge in [-0.3, -0.25) is 4.90 Å². The standard InChI is InChI=1S/C11H21N3S/c1-4-10(9-15)7-13(2)8-11-12-5-6-14(11)3/h5-6,10,15H,4,7-9H2,1-3H3. The summed E-state index contributed by atoms with van der Waals surface area (Å²) < 4.78 is 2.07. The van der Waals surface area contributed by atoms with Crippen LogP contribution < -0.4 is 0 Å². The van der Waals surface area contributed by atoms with Crippen molar-refractivity contribution < 1.29 is 0 Å². The fourth-order valence-corrected chi connectivity index (χ4v) is 1.99. The van der Waals surface area contributed by atoms with Crippen molar-refractivity contribution >= 4 is 12.6 Å². The molecule has 0 aliphatic carbocycles. The lowest BCUT2D eigenvalue weighted by atomic mass is 10.1. The van der Waals surface area contributed by atoms with E-state index >= 15 is 0 Å². The van der Waals surface area contributed by atoms with E-state index in [1.807, 2.05) is 19.4 Å². The summed E-state index contributed by atoms with van der Waals surface area (Å²) >= 11 is 4.36. The number of rotatable bonds is 6. The highest BCUT2D eigenvalue weighted by Crippen LogP contribution is 2.08. The third-order valence-electron chi connectivity index (χ3n) is 2.74. The van der Waals surface area contributed by atoms with Gasteiger partial charge in [-0.25, -0.2) is 4.98 Å². The Labute approximate surface area is 97.9 Å². The summed E-state index contributed by atoms with van der Waals surface area (Å²) in [7, 11) is 4.17. The molecule has 1 aromatic rings. The minimum Gasteiger partial charge on any atom is -0.337 e. The number of imidazole rings is 1. The number of nitrogens with zero attached hydrogens (tertiary/aromatic N) is 3. The first kappa shape index (κ1) is 12.6. The van der Waals surface area contributed by atoms with E-state index in [0.717, 1.165) is 24.7 Å². The van der Waals surface area contributed by atoms with Gasteiger partial charge in [0.15, 0.2) is 0 Å². The van der Waals surface area contributed by atoms with Crippen molar-refractivity contribution in [1.29, 1.82) is 0 Å². The molecule has 1 heterocycles. The molecule has 4 heteroatoms. The minimum atomic E-state index is 0.679. The molecule has 0 fully saturated rings. The second-order valence-electron chi connectivity index (χ2n) is 4.11. The zero-order chi connectivity index (χ0) is 11.3. The molecule has 1 aromatic heterocycles. The van der Waals surface area contributed by atoms with Gasteiger partial charge in [0, 0.05) is 26.0 Å². The molecule has 0 aromatic carbocycles. The van der Waals surface area contributed by atoms with Crippen LogP contribution in [0.2, 0.25) is 0 Å². The van der Waals surface area contributed by atoms with Crippen LogP contribution in [0, 0.1) is 5.92 Å². The largest absolute Gasteiger partial charge is 0.337 e. The fourth-order valence-electron chi connectivity index (χ4n) is 1.61. The highest BCUT2D eigenvalue weighted by Gasteiger charge is 2.09. The molecule has 1 atom stereocenters. The summed E-state index contributed by atoms with van der Waals surface area (Å²) in [6.07, 6.45) is 5.02. The molecule has 1 rings (SSSR count). The average Bonchev–Trinajstić information content (AvgIpc) is 2.61. The zero-order valence-electron chi connectivity index (χ0n) is 9.85. The second kappa shape index (κ2) is 6.18. The first-order valence-electron chi connectivity index (χ1n) is 5.43. The van der Waals surface area contributed by atoms with Gasteiger partial charge in [0.1, 0.15) is 5.82 Å². The van der Waals surface area contributed by atoms with Crippen molar-refractivity contribution in [1.82, 2.24) is 14.5 Å². The lowest BCUT2D eigenvalue weighted by Gasteiger charge is -2.21. The Kier molecular flexibility index (Phi) is 5.19. The molecule has 0 aliphatic heterocycles. The molecule has 0 bridgehead atoms. The maximum atomic E-state index is 4.36. The molecule has 0 amide bonds. The molecule has 1 unspecified atom stereocenters. The highest BCUT2D eigenvalue weighted by molar-refractivity contribution is 7.80. The summed E-state index contributed by atoms with van der Waals surface area (Å²) in [4.78, 5) is 6.63. The molecular weight excluding hydrogens is 206 g/mol. The maximum Gasteiger partial charge on any atom is 0.122 e. The Morgan fingerprint density at radius 1 is 1.60 bits per heavy atom. The van der Waals surface area contributed by atoms with Crippen LogP contribution in [0.4, 0.5) is 0 Å². The topological polar surface area (TPSA) is 21.1 Å². The zero-order valence-corrected chi connectivity index (χ0v) is 10.7. The molecule has 15 heavy (non-hydrogen) atoms. The van der Waals surface area contributed by atoms with Crippen LogP contribution in [0.15, 0.2) is 12.4 Å². The van der Waals surface area contributed by atoms with Gasteiger partial charge in [-0.05, 0) is 18.7 Å². The van der Waals surface area contributed by atoms with E-state index in [0.29, 0.717) is 5.92 Å². The van der Waals surface area contributed by atoms with Crippen LogP contribution >= 0.6 is 12.6 Å². The van der Waals surface area contributed by atoms with Crippen LogP contribution in [0.25, 0.3) is 0 Å². The first-order chi connectivity index (χ1) is 7.17. The summed E-state index contributed by atoms with van der Waals surface area (Å²) in [5, 5.41) is 0. The third kappa shape index (κ3) is 3.87. The van der Waals surface area contributed by atoms with Crippen molar-refractivity contribution in [2.24, 2.45) is 13.0 Å². The van der Waals surface area contributed by atoms with Crippen LogP contribution in [0.5, 0.6) is 0 Å². The molecule has 0 aliphatic rings. The summed E-state index contributed by atoms with van der Waals surface area (Å²) in [6.45, 7) is 4.22. The smallest absolute Gasteiger partial charge is 0.122 e. The van der Waals surface area contributed by atoms with E-state index in [9.17, 15) is 0 Å². The number of aryl methyl sites for hydroxylation is 1. The van der Waals surface area contributed by atoms with Crippen LogP contribution in [0.1, 0.15) is 19.2 Å². The van der Waals surface area contributed by atoms with Crippen LogP contribution in [-0.2, 0) is 13.6 Å². The minimum absolute atomic E-state index is 0.679. The molecule has 0 saturated carbocycles. The van der Waals surface area contributed by atoms with Gasteiger partial charge < -0.3 is 4.57 Å². The van der Waals surface area contributed by atoms with Gasteiger partial charge in [-0.15, -0.1) is 0 Å². The number of aromatic nitrogens is 2. The SMILES string of the molecule is CCC(CS)CN(C)Cc1nccn1C. The predicted molar refractivity (Wildman–Crippen MR) is 67.2 cm³/mol. The lowest BCUT2D eigenvalue weighted by molar-refractivity contribution is 0.269. The molecule has 0 radical (unpaired) electrons. The van der Waals surface area contributed by atoms with E-state index in [-0.39, 0.29) is 0 Å². The van der Waals surface area contributed by atoms with Gasteiger partial charge in [0.05, 0.1) is 6.54 Å². The van der Waals surface area contributed by atoms with Gasteiger partial charge in [0.25, 0.3) is 0 Å². The lowest BCUT2D eigenvalue weighted by Crippen LogP contribution is -2.27. The van der Waals surface area contributed by atoms with E-state index in [4.69, 9.17) is 0 Å². The van der Waals surface area contributed by atoms with Crippen molar-refractivity contribution in [3.05, 3.63) is 18.2 Å². The highest BCUT2D eigenvalue weighted by atomic mass is 32.1. The van der Waals surface area contributed by atoms with Gasteiger partial charge in [-0.1, -0.05) is 13.3 Å². The molecule has 0 N–H and O–H groups in total. The molecule has 3 nitrogen and oxygen atoms in total. The monoisotopic (exact) mass is 227 g/mol. The number of thiol groups is 1. The summed E-state index contributed by atoms with van der Waals surface area (Å²) in [5.41, 5.74) is 0. The number of hydrogen-bond donors (Lipinski definition) is 1. The van der Waals surface area contributed by atoms with Gasteiger partial charge in [0.2, 0.25) is 0 Å². The molecule has 0 saturated heterocycles. The van der Waals surface area contributed by atoms with E-state index < -0.39 is 0 Å². The normalized spacial score (nSPS) is 13.4. The van der Waals surface area contributed by atoms with Crippen molar-refractivity contribution in [2.75, 3.05) is 19.3 Å². The molecular formula is C11H21N3S. The summed E-state index contributed by atoms with van der Waals surface area (Å²) in [5.74, 6) is 2.76. The second-order valence-corrected chi connectivity index (χ2v) is 4.47. The van der Waals surface area contributed by atoms with E-state index in [1.54, 1.807) is 0 Å².